The quantitative estimate of drug-likeness (QED) is 0.558. The van der Waals surface area contributed by atoms with Crippen molar-refractivity contribution in [2.75, 3.05) is 7.11 Å². The molecule has 0 aliphatic carbocycles. The summed E-state index contributed by atoms with van der Waals surface area (Å²) in [6.45, 7) is 0. The molecule has 0 fully saturated rings. The van der Waals surface area contributed by atoms with E-state index in [2.05, 4.69) is 0 Å². The summed E-state index contributed by atoms with van der Waals surface area (Å²) in [5.74, 6) is 0.347. The first-order valence-electron chi connectivity index (χ1n) is 7.38. The van der Waals surface area contributed by atoms with Gasteiger partial charge in [-0.3, -0.25) is 9.59 Å². The zero-order chi connectivity index (χ0) is 17.4. The van der Waals surface area contributed by atoms with Crippen LogP contribution in [0, 0.1) is 0 Å². The lowest BCUT2D eigenvalue weighted by molar-refractivity contribution is -0.136. The number of hydrogen-bond donors (Lipinski definition) is 0. The van der Waals surface area contributed by atoms with Crippen molar-refractivity contribution in [3.63, 3.8) is 0 Å². The fourth-order valence-electron chi connectivity index (χ4n) is 1.97. The van der Waals surface area contributed by atoms with Gasteiger partial charge in [-0.25, -0.2) is 0 Å². The normalized spacial score (nSPS) is 10.1. The van der Waals surface area contributed by atoms with E-state index < -0.39 is 11.9 Å². The third-order valence-electron chi connectivity index (χ3n) is 3.08. The Morgan fingerprint density at radius 1 is 0.917 bits per heavy atom. The topological polar surface area (TPSA) is 61.8 Å². The van der Waals surface area contributed by atoms with Crippen LogP contribution in [0.15, 0.2) is 48.5 Å². The molecular weight excluding hydrogens is 332 g/mol. The van der Waals surface area contributed by atoms with E-state index in [0.717, 1.165) is 0 Å². The molecule has 5 nitrogen and oxygen atoms in total. The van der Waals surface area contributed by atoms with E-state index >= 15 is 0 Å². The third-order valence-corrected chi connectivity index (χ3v) is 3.32. The molecule has 0 N–H and O–H groups in total. The van der Waals surface area contributed by atoms with Gasteiger partial charge in [-0.05, 0) is 36.8 Å². The number of para-hydroxylation sites is 2. The van der Waals surface area contributed by atoms with Gasteiger partial charge in [0.25, 0.3) is 0 Å². The van der Waals surface area contributed by atoms with Crippen molar-refractivity contribution in [3.8, 4) is 17.2 Å². The van der Waals surface area contributed by atoms with Gasteiger partial charge in [0.2, 0.25) is 0 Å². The second-order valence-electron chi connectivity index (χ2n) is 4.91. The smallest absolute Gasteiger partial charge is 0.311 e. The Kier molecular flexibility index (Phi) is 6.63. The van der Waals surface area contributed by atoms with E-state index in [0.29, 0.717) is 28.7 Å². The number of ether oxygens (including phenoxy) is 3. The third kappa shape index (κ3) is 5.59. The second-order valence-corrected chi connectivity index (χ2v) is 5.35. The lowest BCUT2D eigenvalue weighted by Gasteiger charge is -2.08. The Labute approximate surface area is 145 Å². The van der Waals surface area contributed by atoms with Crippen molar-refractivity contribution in [1.29, 1.82) is 0 Å². The number of methoxy groups -OCH3 is 1. The molecule has 2 rings (SSSR count). The predicted molar refractivity (Wildman–Crippen MR) is 89.6 cm³/mol. The zero-order valence-corrected chi connectivity index (χ0v) is 13.9. The van der Waals surface area contributed by atoms with E-state index in [-0.39, 0.29) is 12.8 Å². The summed E-state index contributed by atoms with van der Waals surface area (Å²) in [5, 5.41) is 0.487. The van der Waals surface area contributed by atoms with Crippen LogP contribution in [-0.4, -0.2) is 19.0 Å². The molecule has 0 aliphatic rings. The summed E-state index contributed by atoms with van der Waals surface area (Å²) in [5.41, 5.74) is 0. The first-order valence-corrected chi connectivity index (χ1v) is 7.76. The van der Waals surface area contributed by atoms with Crippen molar-refractivity contribution < 1.29 is 23.8 Å². The molecular formula is C18H17ClO5. The first-order chi connectivity index (χ1) is 11.6. The molecule has 6 heteroatoms. The first kappa shape index (κ1) is 17.8. The van der Waals surface area contributed by atoms with Crippen molar-refractivity contribution in [1.82, 2.24) is 0 Å². The van der Waals surface area contributed by atoms with Gasteiger partial charge in [0.15, 0.2) is 11.5 Å². The van der Waals surface area contributed by atoms with E-state index in [1.54, 1.807) is 48.5 Å². The van der Waals surface area contributed by atoms with Crippen LogP contribution in [-0.2, 0) is 9.59 Å². The maximum Gasteiger partial charge on any atom is 0.311 e. The number of benzene rings is 2. The van der Waals surface area contributed by atoms with Crippen LogP contribution in [0.5, 0.6) is 17.2 Å². The summed E-state index contributed by atoms with van der Waals surface area (Å²) in [4.78, 5) is 23.5. The molecule has 2 aromatic rings. The maximum atomic E-state index is 11.8. The highest BCUT2D eigenvalue weighted by molar-refractivity contribution is 6.30. The highest BCUT2D eigenvalue weighted by Gasteiger charge is 2.11. The summed E-state index contributed by atoms with van der Waals surface area (Å²) in [6, 6.07) is 13.4. The molecule has 0 heterocycles. The molecule has 0 bridgehead atoms. The lowest BCUT2D eigenvalue weighted by atomic mass is 10.2. The largest absolute Gasteiger partial charge is 0.493 e. The van der Waals surface area contributed by atoms with E-state index in [1.165, 1.54) is 7.11 Å². The summed E-state index contributed by atoms with van der Waals surface area (Å²) in [6.07, 6.45) is 0.531. The molecule has 24 heavy (non-hydrogen) atoms. The maximum absolute atomic E-state index is 11.8. The minimum atomic E-state index is -0.435. The molecule has 0 unspecified atom stereocenters. The van der Waals surface area contributed by atoms with Crippen molar-refractivity contribution in [2.45, 2.75) is 19.3 Å². The fourth-order valence-corrected chi connectivity index (χ4v) is 2.15. The standard InChI is InChI=1S/C18H17ClO5/c1-22-15-8-2-3-9-16(15)24-18(21)11-5-10-17(20)23-14-7-4-6-13(19)12-14/h2-4,6-9,12H,5,10-11H2,1H3. The van der Waals surface area contributed by atoms with Crippen LogP contribution >= 0.6 is 11.6 Å². The fraction of sp³-hybridized carbons (Fsp3) is 0.222. The van der Waals surface area contributed by atoms with E-state index in [4.69, 9.17) is 25.8 Å². The Hall–Kier alpha value is -2.53. The summed E-state index contributed by atoms with van der Waals surface area (Å²) < 4.78 is 15.5. The van der Waals surface area contributed by atoms with Crippen LogP contribution in [0.4, 0.5) is 0 Å². The Balaban J connectivity index is 1.75. The molecule has 0 atom stereocenters. The number of halogens is 1. The van der Waals surface area contributed by atoms with E-state index in [1.807, 2.05) is 0 Å². The van der Waals surface area contributed by atoms with Gasteiger partial charge in [0.05, 0.1) is 7.11 Å². The average Bonchev–Trinajstić information content (AvgIpc) is 2.55. The molecule has 0 amide bonds. The number of rotatable bonds is 7. The number of carbonyl (C=O) groups excluding carboxylic acids is 2. The minimum Gasteiger partial charge on any atom is -0.493 e. The molecule has 0 radical (unpaired) electrons. The molecule has 0 spiro atoms. The van der Waals surface area contributed by atoms with Gasteiger partial charge >= 0.3 is 11.9 Å². The Morgan fingerprint density at radius 2 is 1.58 bits per heavy atom. The molecule has 126 valence electrons. The number of hydrogen-bond acceptors (Lipinski definition) is 5. The van der Waals surface area contributed by atoms with Crippen LogP contribution in [0.2, 0.25) is 5.02 Å². The van der Waals surface area contributed by atoms with Gasteiger partial charge in [0.1, 0.15) is 5.75 Å². The van der Waals surface area contributed by atoms with E-state index in [9.17, 15) is 9.59 Å². The monoisotopic (exact) mass is 348 g/mol. The Bertz CT molecular complexity index is 714. The summed E-state index contributed by atoms with van der Waals surface area (Å²) >= 11 is 5.81. The molecule has 0 aliphatic heterocycles. The van der Waals surface area contributed by atoms with Crippen molar-refractivity contribution in [3.05, 3.63) is 53.6 Å². The molecule has 0 saturated heterocycles. The number of esters is 2. The van der Waals surface area contributed by atoms with Gasteiger partial charge in [-0.2, -0.15) is 0 Å². The summed E-state index contributed by atoms with van der Waals surface area (Å²) in [7, 11) is 1.50. The Morgan fingerprint density at radius 3 is 2.25 bits per heavy atom. The van der Waals surface area contributed by atoms with Crippen molar-refractivity contribution >= 4 is 23.5 Å². The van der Waals surface area contributed by atoms with Gasteiger partial charge in [-0.1, -0.05) is 29.8 Å². The van der Waals surface area contributed by atoms with Gasteiger partial charge in [0, 0.05) is 17.9 Å². The van der Waals surface area contributed by atoms with Crippen LogP contribution < -0.4 is 14.2 Å². The lowest BCUT2D eigenvalue weighted by Crippen LogP contribution is -2.12. The highest BCUT2D eigenvalue weighted by atomic mass is 35.5. The van der Waals surface area contributed by atoms with Crippen LogP contribution in [0.25, 0.3) is 0 Å². The minimum absolute atomic E-state index is 0.0999. The second kappa shape index (κ2) is 8.93. The highest BCUT2D eigenvalue weighted by Crippen LogP contribution is 2.26. The van der Waals surface area contributed by atoms with Gasteiger partial charge < -0.3 is 14.2 Å². The van der Waals surface area contributed by atoms with Crippen molar-refractivity contribution in [2.24, 2.45) is 0 Å². The predicted octanol–water partition coefficient (Wildman–Crippen LogP) is 4.03. The van der Waals surface area contributed by atoms with Crippen LogP contribution in [0.3, 0.4) is 0 Å². The molecule has 0 saturated carbocycles. The zero-order valence-electron chi connectivity index (χ0n) is 13.2. The average molecular weight is 349 g/mol. The molecule has 2 aromatic carbocycles. The van der Waals surface area contributed by atoms with Crippen LogP contribution in [0.1, 0.15) is 19.3 Å². The molecule has 0 aromatic heterocycles. The number of carbonyl (C=O) groups is 2. The SMILES string of the molecule is COc1ccccc1OC(=O)CCCC(=O)Oc1cccc(Cl)c1. The van der Waals surface area contributed by atoms with Gasteiger partial charge in [-0.15, -0.1) is 0 Å².